The molecule has 3 nitrogen and oxygen atoms in total. The van der Waals surface area contributed by atoms with Crippen molar-refractivity contribution in [3.63, 3.8) is 0 Å². The van der Waals surface area contributed by atoms with Gasteiger partial charge in [-0.2, -0.15) is 0 Å². The van der Waals surface area contributed by atoms with Crippen molar-refractivity contribution in [3.8, 4) is 0 Å². The SMILES string of the molecule is COC1CCN(c2nc(CCl)cc3ccccc23)CC1. The van der Waals surface area contributed by atoms with E-state index in [1.165, 1.54) is 10.8 Å². The first-order chi connectivity index (χ1) is 9.81. The number of piperidine rings is 1. The Morgan fingerprint density at radius 2 is 2.05 bits per heavy atom. The number of alkyl halides is 1. The lowest BCUT2D eigenvalue weighted by Crippen LogP contribution is -2.37. The number of hydrogen-bond acceptors (Lipinski definition) is 3. The van der Waals surface area contributed by atoms with Gasteiger partial charge in [0.2, 0.25) is 0 Å². The second kappa shape index (κ2) is 5.98. The number of pyridine rings is 1. The van der Waals surface area contributed by atoms with Crippen LogP contribution in [0, 0.1) is 0 Å². The fraction of sp³-hybridized carbons (Fsp3) is 0.438. The highest BCUT2D eigenvalue weighted by Gasteiger charge is 2.21. The molecule has 0 amide bonds. The first-order valence-electron chi connectivity index (χ1n) is 7.04. The fourth-order valence-electron chi connectivity index (χ4n) is 2.85. The summed E-state index contributed by atoms with van der Waals surface area (Å²) in [6.07, 6.45) is 2.49. The van der Waals surface area contributed by atoms with Gasteiger partial charge in [0.15, 0.2) is 0 Å². The molecule has 0 unspecified atom stereocenters. The van der Waals surface area contributed by atoms with Crippen LogP contribution in [0.25, 0.3) is 10.8 Å². The second-order valence-corrected chi connectivity index (χ2v) is 5.48. The van der Waals surface area contributed by atoms with Gasteiger partial charge in [0.25, 0.3) is 0 Å². The largest absolute Gasteiger partial charge is 0.381 e. The smallest absolute Gasteiger partial charge is 0.136 e. The molecule has 0 bridgehead atoms. The number of aromatic nitrogens is 1. The molecule has 1 aliphatic heterocycles. The van der Waals surface area contributed by atoms with Crippen molar-refractivity contribution in [2.45, 2.75) is 24.8 Å². The van der Waals surface area contributed by atoms with Crippen molar-refractivity contribution in [2.75, 3.05) is 25.1 Å². The highest BCUT2D eigenvalue weighted by Crippen LogP contribution is 2.28. The molecule has 1 aromatic carbocycles. The van der Waals surface area contributed by atoms with Gasteiger partial charge in [-0.3, -0.25) is 0 Å². The lowest BCUT2D eigenvalue weighted by atomic mass is 10.1. The summed E-state index contributed by atoms with van der Waals surface area (Å²) < 4.78 is 5.44. The van der Waals surface area contributed by atoms with Crippen molar-refractivity contribution in [2.24, 2.45) is 0 Å². The van der Waals surface area contributed by atoms with Gasteiger partial charge in [-0.25, -0.2) is 4.98 Å². The minimum absolute atomic E-state index is 0.383. The van der Waals surface area contributed by atoms with E-state index in [1.54, 1.807) is 7.11 Å². The molecular weight excluding hydrogens is 272 g/mol. The number of rotatable bonds is 3. The third kappa shape index (κ3) is 2.60. The van der Waals surface area contributed by atoms with E-state index in [0.717, 1.165) is 37.4 Å². The molecule has 0 N–H and O–H groups in total. The molecule has 4 heteroatoms. The van der Waals surface area contributed by atoms with Crippen molar-refractivity contribution in [3.05, 3.63) is 36.0 Å². The zero-order valence-electron chi connectivity index (χ0n) is 11.7. The Kier molecular flexibility index (Phi) is 4.08. The molecule has 0 atom stereocenters. The highest BCUT2D eigenvalue weighted by molar-refractivity contribution is 6.17. The number of benzene rings is 1. The molecular formula is C16H19ClN2O. The molecule has 106 valence electrons. The third-order valence-electron chi connectivity index (χ3n) is 3.99. The molecule has 0 saturated carbocycles. The van der Waals surface area contributed by atoms with Crippen molar-refractivity contribution in [1.82, 2.24) is 4.98 Å². The van der Waals surface area contributed by atoms with Crippen LogP contribution in [0.4, 0.5) is 5.82 Å². The number of methoxy groups -OCH3 is 1. The molecule has 2 heterocycles. The van der Waals surface area contributed by atoms with Crippen LogP contribution in [0.5, 0.6) is 0 Å². The van der Waals surface area contributed by atoms with Crippen molar-refractivity contribution in [1.29, 1.82) is 0 Å². The Hall–Kier alpha value is -1.32. The Morgan fingerprint density at radius 3 is 2.75 bits per heavy atom. The lowest BCUT2D eigenvalue weighted by molar-refractivity contribution is 0.0818. The second-order valence-electron chi connectivity index (χ2n) is 5.21. The number of nitrogens with zero attached hydrogens (tertiary/aromatic N) is 2. The topological polar surface area (TPSA) is 25.4 Å². The number of halogens is 1. The molecule has 3 rings (SSSR count). The third-order valence-corrected chi connectivity index (χ3v) is 4.26. The van der Waals surface area contributed by atoms with E-state index in [9.17, 15) is 0 Å². The van der Waals surface area contributed by atoms with Crippen LogP contribution in [0.1, 0.15) is 18.5 Å². The van der Waals surface area contributed by atoms with E-state index in [2.05, 4.69) is 35.2 Å². The quantitative estimate of drug-likeness (QED) is 0.808. The molecule has 2 aromatic rings. The van der Waals surface area contributed by atoms with Gasteiger partial charge in [0.1, 0.15) is 5.82 Å². The van der Waals surface area contributed by atoms with Crippen molar-refractivity contribution >= 4 is 28.2 Å². The van der Waals surface area contributed by atoms with Crippen LogP contribution >= 0.6 is 11.6 Å². The summed E-state index contributed by atoms with van der Waals surface area (Å²) in [5.41, 5.74) is 0.939. The van der Waals surface area contributed by atoms with Crippen LogP contribution in [-0.4, -0.2) is 31.3 Å². The summed E-state index contributed by atoms with van der Waals surface area (Å²) in [6, 6.07) is 10.5. The first kappa shape index (κ1) is 13.7. The maximum Gasteiger partial charge on any atom is 0.136 e. The molecule has 0 radical (unpaired) electrons. The summed E-state index contributed by atoms with van der Waals surface area (Å²) >= 11 is 5.98. The molecule has 1 aliphatic rings. The summed E-state index contributed by atoms with van der Waals surface area (Å²) in [4.78, 5) is 7.10. The maximum atomic E-state index is 5.98. The molecule has 0 aliphatic carbocycles. The summed E-state index contributed by atoms with van der Waals surface area (Å²) in [6.45, 7) is 1.97. The summed E-state index contributed by atoms with van der Waals surface area (Å²) in [5.74, 6) is 1.51. The van der Waals surface area contributed by atoms with Gasteiger partial charge in [0.05, 0.1) is 17.7 Å². The first-order valence-corrected chi connectivity index (χ1v) is 7.57. The zero-order valence-corrected chi connectivity index (χ0v) is 12.4. The van der Waals surface area contributed by atoms with Crippen LogP contribution in [0.15, 0.2) is 30.3 Å². The minimum Gasteiger partial charge on any atom is -0.381 e. The maximum absolute atomic E-state index is 5.98. The number of anilines is 1. The molecule has 0 spiro atoms. The number of hydrogen-bond donors (Lipinski definition) is 0. The standard InChI is InChI=1S/C16H19ClN2O/c1-20-14-6-8-19(9-7-14)16-15-5-3-2-4-12(15)10-13(11-17)18-16/h2-5,10,14H,6-9,11H2,1H3. The highest BCUT2D eigenvalue weighted by atomic mass is 35.5. The Balaban J connectivity index is 1.98. The van der Waals surface area contributed by atoms with E-state index < -0.39 is 0 Å². The van der Waals surface area contributed by atoms with Crippen LogP contribution in [0.3, 0.4) is 0 Å². The van der Waals surface area contributed by atoms with Gasteiger partial charge >= 0.3 is 0 Å². The van der Waals surface area contributed by atoms with Gasteiger partial charge in [0, 0.05) is 25.6 Å². The molecule has 1 saturated heterocycles. The number of fused-ring (bicyclic) bond motifs is 1. The van der Waals surface area contributed by atoms with Crippen LogP contribution in [-0.2, 0) is 10.6 Å². The molecule has 1 aromatic heterocycles. The van der Waals surface area contributed by atoms with E-state index in [4.69, 9.17) is 21.3 Å². The summed E-state index contributed by atoms with van der Waals surface area (Å²) in [5, 5.41) is 2.42. The predicted octanol–water partition coefficient (Wildman–Crippen LogP) is 3.59. The number of ether oxygens (including phenoxy) is 1. The van der Waals surface area contributed by atoms with Crippen LogP contribution < -0.4 is 4.90 Å². The average molecular weight is 291 g/mol. The average Bonchev–Trinajstić information content (AvgIpc) is 2.54. The Bertz CT molecular complexity index is 594. The molecule has 20 heavy (non-hydrogen) atoms. The Morgan fingerprint density at radius 1 is 1.30 bits per heavy atom. The van der Waals surface area contributed by atoms with E-state index in [0.29, 0.717) is 12.0 Å². The van der Waals surface area contributed by atoms with Crippen LogP contribution in [0.2, 0.25) is 0 Å². The van der Waals surface area contributed by atoms with Gasteiger partial charge in [-0.1, -0.05) is 24.3 Å². The van der Waals surface area contributed by atoms with E-state index in [-0.39, 0.29) is 0 Å². The van der Waals surface area contributed by atoms with E-state index in [1.807, 2.05) is 0 Å². The fourth-order valence-corrected chi connectivity index (χ4v) is 2.98. The monoisotopic (exact) mass is 290 g/mol. The lowest BCUT2D eigenvalue weighted by Gasteiger charge is -2.33. The minimum atomic E-state index is 0.383. The van der Waals surface area contributed by atoms with Gasteiger partial charge in [-0.05, 0) is 24.3 Å². The predicted molar refractivity (Wildman–Crippen MR) is 83.5 cm³/mol. The van der Waals surface area contributed by atoms with Crippen molar-refractivity contribution < 1.29 is 4.74 Å². The normalized spacial score (nSPS) is 16.8. The van der Waals surface area contributed by atoms with Gasteiger partial charge in [-0.15, -0.1) is 11.6 Å². The van der Waals surface area contributed by atoms with Gasteiger partial charge < -0.3 is 9.64 Å². The molecule has 1 fully saturated rings. The van der Waals surface area contributed by atoms with E-state index >= 15 is 0 Å². The summed E-state index contributed by atoms with van der Waals surface area (Å²) in [7, 11) is 1.79. The zero-order chi connectivity index (χ0) is 13.9. The Labute approximate surface area is 124 Å².